The van der Waals surface area contributed by atoms with Gasteiger partial charge in [0.2, 0.25) is 0 Å². The monoisotopic (exact) mass is 399 g/mol. The molecule has 0 aliphatic carbocycles. The van der Waals surface area contributed by atoms with Gasteiger partial charge in [-0.05, 0) is 31.2 Å². The maximum atomic E-state index is 13.3. The van der Waals surface area contributed by atoms with Crippen LogP contribution in [0.3, 0.4) is 0 Å². The SMILES string of the molecule is C[C@H]1CN(c2ccc(Cl)cc2)C(=O)c2c(C(=O)Nc3cncc(F)c3)cnn21. The van der Waals surface area contributed by atoms with E-state index in [-0.39, 0.29) is 28.9 Å². The fraction of sp³-hybridized carbons (Fsp3) is 0.158. The number of rotatable bonds is 3. The molecule has 7 nitrogen and oxygen atoms in total. The summed E-state index contributed by atoms with van der Waals surface area (Å²) in [6.45, 7) is 2.31. The second-order valence-corrected chi connectivity index (χ2v) is 6.88. The lowest BCUT2D eigenvalue weighted by Crippen LogP contribution is -2.43. The molecule has 28 heavy (non-hydrogen) atoms. The number of aromatic nitrogens is 3. The van der Waals surface area contributed by atoms with Crippen LogP contribution in [0.4, 0.5) is 15.8 Å². The van der Waals surface area contributed by atoms with Gasteiger partial charge in [0.25, 0.3) is 11.8 Å². The van der Waals surface area contributed by atoms with Crippen molar-refractivity contribution in [1.29, 1.82) is 0 Å². The van der Waals surface area contributed by atoms with E-state index in [1.54, 1.807) is 29.2 Å². The van der Waals surface area contributed by atoms with E-state index in [2.05, 4.69) is 15.4 Å². The zero-order valence-corrected chi connectivity index (χ0v) is 15.5. The van der Waals surface area contributed by atoms with E-state index in [1.807, 2.05) is 6.92 Å². The Hall–Kier alpha value is -3.26. The number of benzene rings is 1. The van der Waals surface area contributed by atoms with Gasteiger partial charge < -0.3 is 10.2 Å². The van der Waals surface area contributed by atoms with E-state index < -0.39 is 11.7 Å². The van der Waals surface area contributed by atoms with Crippen molar-refractivity contribution in [3.63, 3.8) is 0 Å². The van der Waals surface area contributed by atoms with Crippen molar-refractivity contribution in [3.05, 3.63) is 71.0 Å². The number of pyridine rings is 1. The van der Waals surface area contributed by atoms with Gasteiger partial charge in [-0.3, -0.25) is 19.3 Å². The van der Waals surface area contributed by atoms with Crippen LogP contribution in [0.1, 0.15) is 33.8 Å². The molecule has 9 heteroatoms. The predicted molar refractivity (Wildman–Crippen MR) is 102 cm³/mol. The first-order valence-electron chi connectivity index (χ1n) is 8.51. The molecule has 0 saturated carbocycles. The molecule has 0 saturated heterocycles. The quantitative estimate of drug-likeness (QED) is 0.730. The van der Waals surface area contributed by atoms with Gasteiger partial charge >= 0.3 is 0 Å². The van der Waals surface area contributed by atoms with Crippen LogP contribution in [0.2, 0.25) is 5.02 Å². The van der Waals surface area contributed by atoms with E-state index in [1.165, 1.54) is 17.1 Å². The standard InChI is InChI=1S/C19H15ClFN5O2/c1-11-10-25(15-4-2-12(20)3-5-15)19(28)17-16(9-23-26(11)17)18(27)24-14-6-13(21)7-22-8-14/h2-9,11H,10H2,1H3,(H,24,27)/t11-/m0/s1. The summed E-state index contributed by atoms with van der Waals surface area (Å²) in [5.74, 6) is -1.49. The van der Waals surface area contributed by atoms with Crippen molar-refractivity contribution in [2.24, 2.45) is 0 Å². The van der Waals surface area contributed by atoms with Gasteiger partial charge in [0.1, 0.15) is 11.5 Å². The van der Waals surface area contributed by atoms with Crippen molar-refractivity contribution in [3.8, 4) is 0 Å². The summed E-state index contributed by atoms with van der Waals surface area (Å²) in [6, 6.07) is 7.90. The van der Waals surface area contributed by atoms with E-state index >= 15 is 0 Å². The lowest BCUT2D eigenvalue weighted by atomic mass is 10.1. The van der Waals surface area contributed by atoms with Crippen LogP contribution < -0.4 is 10.2 Å². The second-order valence-electron chi connectivity index (χ2n) is 6.44. The highest BCUT2D eigenvalue weighted by molar-refractivity contribution is 6.30. The minimum absolute atomic E-state index is 0.111. The molecule has 3 heterocycles. The first-order valence-corrected chi connectivity index (χ1v) is 8.88. The Bertz CT molecular complexity index is 1070. The Morgan fingerprint density at radius 3 is 2.71 bits per heavy atom. The average molecular weight is 400 g/mol. The van der Waals surface area contributed by atoms with Crippen molar-refractivity contribution in [2.45, 2.75) is 13.0 Å². The van der Waals surface area contributed by atoms with Gasteiger partial charge in [0.05, 0.1) is 35.9 Å². The minimum Gasteiger partial charge on any atom is -0.320 e. The highest BCUT2D eigenvalue weighted by Crippen LogP contribution is 2.29. The zero-order valence-electron chi connectivity index (χ0n) is 14.8. The van der Waals surface area contributed by atoms with Crippen LogP contribution in [0.5, 0.6) is 0 Å². The molecule has 0 fully saturated rings. The van der Waals surface area contributed by atoms with Crippen molar-refractivity contribution in [1.82, 2.24) is 14.8 Å². The number of fused-ring (bicyclic) bond motifs is 1. The molecule has 0 unspecified atom stereocenters. The lowest BCUT2D eigenvalue weighted by Gasteiger charge is -2.32. The summed E-state index contributed by atoms with van der Waals surface area (Å²) >= 11 is 5.93. The van der Waals surface area contributed by atoms with E-state index in [0.717, 1.165) is 12.3 Å². The molecule has 2 amide bonds. The van der Waals surface area contributed by atoms with Gasteiger partial charge in [-0.15, -0.1) is 0 Å². The van der Waals surface area contributed by atoms with Crippen molar-refractivity contribution >= 4 is 34.8 Å². The van der Waals surface area contributed by atoms with Gasteiger partial charge in [-0.1, -0.05) is 11.6 Å². The largest absolute Gasteiger partial charge is 0.320 e. The summed E-state index contributed by atoms with van der Waals surface area (Å²) in [5, 5.41) is 7.32. The van der Waals surface area contributed by atoms with E-state index in [4.69, 9.17) is 11.6 Å². The van der Waals surface area contributed by atoms with Gasteiger partial charge in [-0.2, -0.15) is 5.10 Å². The third kappa shape index (κ3) is 3.22. The molecule has 1 aliphatic rings. The molecular formula is C19H15ClFN5O2. The maximum absolute atomic E-state index is 13.3. The molecule has 3 aromatic rings. The molecule has 1 aromatic carbocycles. The number of nitrogens with one attached hydrogen (secondary N) is 1. The van der Waals surface area contributed by atoms with Crippen LogP contribution in [0.15, 0.2) is 48.9 Å². The van der Waals surface area contributed by atoms with Gasteiger partial charge in [0, 0.05) is 23.3 Å². The average Bonchev–Trinajstić information content (AvgIpc) is 3.12. The Kier molecular flexibility index (Phi) is 4.56. The first kappa shape index (κ1) is 18.1. The number of halogens is 2. The Balaban J connectivity index is 1.67. The molecule has 0 radical (unpaired) electrons. The molecule has 142 valence electrons. The molecule has 1 N–H and O–H groups in total. The van der Waals surface area contributed by atoms with Crippen LogP contribution in [-0.4, -0.2) is 33.1 Å². The maximum Gasteiger partial charge on any atom is 0.277 e. The number of carbonyl (C=O) groups is 2. The van der Waals surface area contributed by atoms with Crippen LogP contribution >= 0.6 is 11.6 Å². The third-order valence-electron chi connectivity index (χ3n) is 4.45. The van der Waals surface area contributed by atoms with Crippen molar-refractivity contribution in [2.75, 3.05) is 16.8 Å². The third-order valence-corrected chi connectivity index (χ3v) is 4.71. The smallest absolute Gasteiger partial charge is 0.277 e. The summed E-state index contributed by atoms with van der Waals surface area (Å²) in [6.07, 6.45) is 3.70. The molecule has 0 spiro atoms. The number of hydrogen-bond donors (Lipinski definition) is 1. The fourth-order valence-electron chi connectivity index (χ4n) is 3.15. The summed E-state index contributed by atoms with van der Waals surface area (Å²) in [4.78, 5) is 31.1. The lowest BCUT2D eigenvalue weighted by molar-refractivity contribution is 0.0939. The van der Waals surface area contributed by atoms with Gasteiger partial charge in [-0.25, -0.2) is 4.39 Å². The first-order chi connectivity index (χ1) is 13.4. The molecule has 1 aliphatic heterocycles. The molecule has 1 atom stereocenters. The number of anilines is 2. The van der Waals surface area contributed by atoms with Crippen LogP contribution in [0.25, 0.3) is 0 Å². The number of amides is 2. The molecule has 4 rings (SSSR count). The normalized spacial score (nSPS) is 16.0. The topological polar surface area (TPSA) is 80.1 Å². The molecule has 0 bridgehead atoms. The zero-order chi connectivity index (χ0) is 19.8. The minimum atomic E-state index is -0.576. The van der Waals surface area contributed by atoms with Crippen molar-refractivity contribution < 1.29 is 14.0 Å². The fourth-order valence-corrected chi connectivity index (χ4v) is 3.28. The summed E-state index contributed by atoms with van der Waals surface area (Å²) in [5.41, 5.74) is 1.15. The highest BCUT2D eigenvalue weighted by Gasteiger charge is 2.35. The Labute approximate surface area is 164 Å². The highest BCUT2D eigenvalue weighted by atomic mass is 35.5. The molecule has 2 aromatic heterocycles. The summed E-state index contributed by atoms with van der Waals surface area (Å²) < 4.78 is 14.8. The number of nitrogens with zero attached hydrogens (tertiary/aromatic N) is 4. The van der Waals surface area contributed by atoms with E-state index in [0.29, 0.717) is 17.3 Å². The summed E-state index contributed by atoms with van der Waals surface area (Å²) in [7, 11) is 0. The number of hydrogen-bond acceptors (Lipinski definition) is 4. The Morgan fingerprint density at radius 2 is 2.00 bits per heavy atom. The molecular weight excluding hydrogens is 385 g/mol. The predicted octanol–water partition coefficient (Wildman–Crippen LogP) is 3.54. The number of carbonyl (C=O) groups excluding carboxylic acids is 2. The Morgan fingerprint density at radius 1 is 1.25 bits per heavy atom. The van der Waals surface area contributed by atoms with Gasteiger partial charge in [0.15, 0.2) is 0 Å². The second kappa shape index (κ2) is 7.05. The van der Waals surface area contributed by atoms with Crippen LogP contribution in [0, 0.1) is 5.82 Å². The van der Waals surface area contributed by atoms with E-state index in [9.17, 15) is 14.0 Å². The van der Waals surface area contributed by atoms with Crippen LogP contribution in [-0.2, 0) is 0 Å².